The number of halogens is 1. The van der Waals surface area contributed by atoms with Crippen LogP contribution in [0, 0.1) is 5.82 Å². The summed E-state index contributed by atoms with van der Waals surface area (Å²) in [6.45, 7) is 2.93. The third kappa shape index (κ3) is 6.22. The first-order valence-electron chi connectivity index (χ1n) is 12.3. The van der Waals surface area contributed by atoms with Gasteiger partial charge in [-0.3, -0.25) is 9.48 Å². The Morgan fingerprint density at radius 2 is 2.08 bits per heavy atom. The molecule has 8 nitrogen and oxygen atoms in total. The second-order valence-electron chi connectivity index (χ2n) is 9.01. The lowest BCUT2D eigenvalue weighted by atomic mass is 10.1. The topological polar surface area (TPSA) is 98.3 Å². The van der Waals surface area contributed by atoms with E-state index in [1.807, 2.05) is 41.4 Å². The molecular weight excluding hydrogens is 491 g/mol. The zero-order valence-electron chi connectivity index (χ0n) is 20.3. The van der Waals surface area contributed by atoms with Gasteiger partial charge in [0, 0.05) is 36.3 Å². The standard InChI is InChI=1S/C27H29FN6O2S/c28-22-9-4-10-23(25(22)33-11-5-8-21(29)16-33)31-26(35)24-18-37-27(32-24)20-14-30-34(15-20)12-13-36-17-19-6-2-1-3-7-19/h1-4,6-7,9-10,14-15,18,21H,5,8,11-13,16-17,29H2,(H,31,35)/t21-/m1/s1. The van der Waals surface area contributed by atoms with E-state index < -0.39 is 5.91 Å². The number of aromatic nitrogens is 3. The highest BCUT2D eigenvalue weighted by molar-refractivity contribution is 7.13. The number of thiazole rings is 1. The number of nitrogens with one attached hydrogen (secondary N) is 1. The zero-order chi connectivity index (χ0) is 25.6. The average Bonchev–Trinajstić information content (AvgIpc) is 3.58. The van der Waals surface area contributed by atoms with Crippen LogP contribution >= 0.6 is 11.3 Å². The second kappa shape index (κ2) is 11.6. The van der Waals surface area contributed by atoms with E-state index in [0.29, 0.717) is 49.2 Å². The zero-order valence-corrected chi connectivity index (χ0v) is 21.2. The van der Waals surface area contributed by atoms with Gasteiger partial charge in [-0.2, -0.15) is 5.10 Å². The van der Waals surface area contributed by atoms with Crippen LogP contribution < -0.4 is 16.0 Å². The molecule has 4 aromatic rings. The fraction of sp³-hybridized carbons (Fsp3) is 0.296. The summed E-state index contributed by atoms with van der Waals surface area (Å²) < 4.78 is 22.3. The van der Waals surface area contributed by atoms with Crippen LogP contribution in [0.1, 0.15) is 28.9 Å². The number of benzene rings is 2. The Labute approximate surface area is 218 Å². The van der Waals surface area contributed by atoms with Crippen LogP contribution in [0.25, 0.3) is 10.6 Å². The molecule has 1 aliphatic heterocycles. The van der Waals surface area contributed by atoms with Crippen molar-refractivity contribution in [2.75, 3.05) is 29.9 Å². The molecule has 3 heterocycles. The molecule has 1 saturated heterocycles. The molecule has 0 saturated carbocycles. The first-order valence-corrected chi connectivity index (χ1v) is 13.1. The molecule has 0 bridgehead atoms. The van der Waals surface area contributed by atoms with E-state index in [4.69, 9.17) is 10.5 Å². The number of nitrogens with two attached hydrogens (primary N) is 1. The van der Waals surface area contributed by atoms with Crippen LogP contribution in [0.3, 0.4) is 0 Å². The fourth-order valence-electron chi connectivity index (χ4n) is 4.37. The summed E-state index contributed by atoms with van der Waals surface area (Å²) in [5.41, 5.74) is 9.10. The maximum atomic E-state index is 14.8. The van der Waals surface area contributed by atoms with Crippen LogP contribution in [0.4, 0.5) is 15.8 Å². The first-order chi connectivity index (χ1) is 18.1. The van der Waals surface area contributed by atoms with Gasteiger partial charge in [-0.05, 0) is 30.5 Å². The van der Waals surface area contributed by atoms with E-state index >= 15 is 0 Å². The summed E-state index contributed by atoms with van der Waals surface area (Å²) in [7, 11) is 0. The van der Waals surface area contributed by atoms with Gasteiger partial charge in [0.25, 0.3) is 5.91 Å². The Balaban J connectivity index is 1.20. The number of amides is 1. The van der Waals surface area contributed by atoms with Crippen molar-refractivity contribution in [3.8, 4) is 10.6 Å². The molecule has 1 fully saturated rings. The molecule has 0 spiro atoms. The van der Waals surface area contributed by atoms with Crippen molar-refractivity contribution in [1.82, 2.24) is 14.8 Å². The molecule has 0 aliphatic carbocycles. The van der Waals surface area contributed by atoms with E-state index in [2.05, 4.69) is 15.4 Å². The van der Waals surface area contributed by atoms with E-state index in [9.17, 15) is 9.18 Å². The maximum Gasteiger partial charge on any atom is 0.275 e. The normalized spacial score (nSPS) is 15.6. The number of hydrogen-bond donors (Lipinski definition) is 2. The second-order valence-corrected chi connectivity index (χ2v) is 9.86. The molecule has 1 atom stereocenters. The van der Waals surface area contributed by atoms with Crippen molar-refractivity contribution in [3.63, 3.8) is 0 Å². The van der Waals surface area contributed by atoms with Gasteiger partial charge in [-0.1, -0.05) is 36.4 Å². The monoisotopic (exact) mass is 520 g/mol. The van der Waals surface area contributed by atoms with Crippen LogP contribution in [0.15, 0.2) is 66.3 Å². The Kier molecular flexibility index (Phi) is 7.88. The van der Waals surface area contributed by atoms with E-state index in [0.717, 1.165) is 24.0 Å². The predicted molar refractivity (Wildman–Crippen MR) is 143 cm³/mol. The smallest absolute Gasteiger partial charge is 0.275 e. The summed E-state index contributed by atoms with van der Waals surface area (Å²) in [4.78, 5) is 19.4. The van der Waals surface area contributed by atoms with E-state index in [1.54, 1.807) is 28.4 Å². The summed E-state index contributed by atoms with van der Waals surface area (Å²) in [5.74, 6) is -0.775. The molecule has 192 valence electrons. The molecule has 1 amide bonds. The van der Waals surface area contributed by atoms with E-state index in [1.165, 1.54) is 17.4 Å². The lowest BCUT2D eigenvalue weighted by Crippen LogP contribution is -2.43. The summed E-state index contributed by atoms with van der Waals surface area (Å²) >= 11 is 1.36. The summed E-state index contributed by atoms with van der Waals surface area (Å²) in [5, 5.41) is 9.61. The SMILES string of the molecule is N[C@@H]1CCCN(c2c(F)cccc2NC(=O)c2csc(-c3cnn(CCOCc4ccccc4)c3)n2)C1. The molecule has 1 aliphatic rings. The average molecular weight is 521 g/mol. The van der Waals surface area contributed by atoms with Crippen LogP contribution in [-0.2, 0) is 17.9 Å². The molecule has 0 unspecified atom stereocenters. The number of piperidine rings is 1. The highest BCUT2D eigenvalue weighted by atomic mass is 32.1. The third-order valence-corrected chi connectivity index (χ3v) is 7.09. The number of nitrogens with zero attached hydrogens (tertiary/aromatic N) is 4. The van der Waals surface area contributed by atoms with Crippen LogP contribution in [0.5, 0.6) is 0 Å². The number of carbonyl (C=O) groups excluding carboxylic acids is 1. The van der Waals surface area contributed by atoms with Gasteiger partial charge < -0.3 is 20.7 Å². The van der Waals surface area contributed by atoms with Gasteiger partial charge in [0.1, 0.15) is 16.5 Å². The number of anilines is 2. The number of carbonyl (C=O) groups is 1. The van der Waals surface area contributed by atoms with Crippen molar-refractivity contribution in [2.45, 2.75) is 32.0 Å². The van der Waals surface area contributed by atoms with Gasteiger partial charge in [-0.25, -0.2) is 9.37 Å². The molecule has 10 heteroatoms. The molecular formula is C27H29FN6O2S. The van der Waals surface area contributed by atoms with Crippen LogP contribution in [0.2, 0.25) is 0 Å². The van der Waals surface area contributed by atoms with E-state index in [-0.39, 0.29) is 17.6 Å². The van der Waals surface area contributed by atoms with Gasteiger partial charge in [0.2, 0.25) is 0 Å². The summed E-state index contributed by atoms with van der Waals surface area (Å²) in [6.07, 6.45) is 5.40. The minimum absolute atomic E-state index is 0.0191. The molecule has 0 radical (unpaired) electrons. The molecule has 2 aromatic carbocycles. The van der Waals surface area contributed by atoms with Crippen molar-refractivity contribution in [2.24, 2.45) is 5.73 Å². The number of rotatable bonds is 9. The molecule has 37 heavy (non-hydrogen) atoms. The Morgan fingerprint density at radius 1 is 1.22 bits per heavy atom. The quantitative estimate of drug-likeness (QED) is 0.315. The summed E-state index contributed by atoms with van der Waals surface area (Å²) in [6, 6.07) is 14.7. The van der Waals surface area contributed by atoms with Crippen molar-refractivity contribution >= 4 is 28.6 Å². The largest absolute Gasteiger partial charge is 0.375 e. The minimum Gasteiger partial charge on any atom is -0.375 e. The lowest BCUT2D eigenvalue weighted by molar-refractivity contribution is 0.102. The molecule has 5 rings (SSSR count). The van der Waals surface area contributed by atoms with Crippen molar-refractivity contribution < 1.29 is 13.9 Å². The fourth-order valence-corrected chi connectivity index (χ4v) is 5.14. The maximum absolute atomic E-state index is 14.8. The highest BCUT2D eigenvalue weighted by Gasteiger charge is 2.23. The Hall–Kier alpha value is -3.60. The first kappa shape index (κ1) is 25.1. The van der Waals surface area contributed by atoms with Gasteiger partial charge in [-0.15, -0.1) is 11.3 Å². The number of ether oxygens (including phenoxy) is 1. The lowest BCUT2D eigenvalue weighted by Gasteiger charge is -2.34. The van der Waals surface area contributed by atoms with Gasteiger partial charge in [0.05, 0.1) is 37.3 Å². The Morgan fingerprint density at radius 3 is 2.92 bits per heavy atom. The van der Waals surface area contributed by atoms with Gasteiger partial charge >= 0.3 is 0 Å². The number of hydrogen-bond acceptors (Lipinski definition) is 7. The van der Waals surface area contributed by atoms with Crippen molar-refractivity contribution in [1.29, 1.82) is 0 Å². The molecule has 3 N–H and O–H groups in total. The minimum atomic E-state index is -0.391. The van der Waals surface area contributed by atoms with Crippen LogP contribution in [-0.4, -0.2) is 46.4 Å². The highest BCUT2D eigenvalue weighted by Crippen LogP contribution is 2.32. The van der Waals surface area contributed by atoms with Crippen molar-refractivity contribution in [3.05, 3.63) is 83.4 Å². The molecule has 2 aromatic heterocycles. The number of para-hydroxylation sites is 1. The predicted octanol–water partition coefficient (Wildman–Crippen LogP) is 4.54. The van der Waals surface area contributed by atoms with Gasteiger partial charge in [0.15, 0.2) is 0 Å². The third-order valence-electron chi connectivity index (χ3n) is 6.20. The Bertz CT molecular complexity index is 1340.